The first-order valence-electron chi connectivity index (χ1n) is 10.8. The van der Waals surface area contributed by atoms with Gasteiger partial charge in [0.25, 0.3) is 5.56 Å². The number of aryl methyl sites for hydroxylation is 1. The lowest BCUT2D eigenvalue weighted by Crippen LogP contribution is -2.61. The van der Waals surface area contributed by atoms with Crippen LogP contribution in [0.25, 0.3) is 11.0 Å². The average Bonchev–Trinajstić information content (AvgIpc) is 2.82. The molecule has 5 rings (SSSR count). The normalized spacial score (nSPS) is 21.2. The lowest BCUT2D eigenvalue weighted by molar-refractivity contribution is 0.0917. The summed E-state index contributed by atoms with van der Waals surface area (Å²) >= 11 is 12.4. The van der Waals surface area contributed by atoms with E-state index in [0.29, 0.717) is 51.4 Å². The first kappa shape index (κ1) is 22.0. The molecule has 0 amide bonds. The quantitative estimate of drug-likeness (QED) is 0.545. The van der Waals surface area contributed by atoms with Crippen molar-refractivity contribution in [3.8, 4) is 11.8 Å². The van der Waals surface area contributed by atoms with Crippen LogP contribution in [0.1, 0.15) is 31.1 Å². The lowest BCUT2D eigenvalue weighted by atomic mass is 9.99. The summed E-state index contributed by atoms with van der Waals surface area (Å²) in [4.78, 5) is 22.3. The van der Waals surface area contributed by atoms with Crippen LogP contribution < -0.4 is 15.2 Å². The molecule has 0 radical (unpaired) electrons. The Labute approximate surface area is 201 Å². The van der Waals surface area contributed by atoms with E-state index in [2.05, 4.69) is 34.7 Å². The van der Waals surface area contributed by atoms with Gasteiger partial charge in [-0.05, 0) is 43.7 Å². The molecule has 0 unspecified atom stereocenters. The van der Waals surface area contributed by atoms with Gasteiger partial charge in [0.2, 0.25) is 5.75 Å². The molecule has 0 N–H and O–H groups in total. The Morgan fingerprint density at radius 2 is 2.00 bits per heavy atom. The van der Waals surface area contributed by atoms with E-state index in [1.165, 1.54) is 4.57 Å². The number of piperazine rings is 1. The molecule has 4 heterocycles. The molecule has 0 bridgehead atoms. The number of nitriles is 1. The highest BCUT2D eigenvalue weighted by atomic mass is 35.5. The van der Waals surface area contributed by atoms with E-state index in [9.17, 15) is 10.1 Å². The summed E-state index contributed by atoms with van der Waals surface area (Å²) < 4.78 is 7.56. The Balaban J connectivity index is 1.55. The second-order valence-electron chi connectivity index (χ2n) is 8.73. The minimum Gasteiger partial charge on any atom is -0.484 e. The Morgan fingerprint density at radius 1 is 1.21 bits per heavy atom. The van der Waals surface area contributed by atoms with Gasteiger partial charge in [-0.25, -0.2) is 4.98 Å². The van der Waals surface area contributed by atoms with Crippen molar-refractivity contribution in [1.82, 2.24) is 14.5 Å². The number of aromatic nitrogens is 2. The minimum absolute atomic E-state index is 0.0433. The van der Waals surface area contributed by atoms with Gasteiger partial charge in [-0.15, -0.1) is 0 Å². The zero-order valence-electron chi connectivity index (χ0n) is 18.5. The molecule has 3 atom stereocenters. The largest absolute Gasteiger partial charge is 0.484 e. The van der Waals surface area contributed by atoms with E-state index in [1.54, 1.807) is 19.2 Å². The molecule has 3 aromatic rings. The molecule has 0 aliphatic carbocycles. The molecular weight excluding hydrogens is 461 g/mol. The highest BCUT2D eigenvalue weighted by Crippen LogP contribution is 2.40. The van der Waals surface area contributed by atoms with Gasteiger partial charge in [0, 0.05) is 32.2 Å². The summed E-state index contributed by atoms with van der Waals surface area (Å²) in [6.07, 6.45) is 0. The number of hydrogen-bond donors (Lipinski definition) is 0. The first-order chi connectivity index (χ1) is 15.8. The standard InChI is InChI=1S/C24H23Cl2N5O2/c1-13-10-31-17(11-30(13)14(2)15-4-6-18(25)19(26)8-15)12-33-23-22(31)21-20(29(3)24(23)32)7-5-16(9-27)28-21/h4-8,13-14,17H,10-12H2,1-3H3/t13-,14+,17+/m1/s1. The third-order valence-electron chi connectivity index (χ3n) is 6.81. The predicted molar refractivity (Wildman–Crippen MR) is 129 cm³/mol. The van der Waals surface area contributed by atoms with Crippen LogP contribution in [-0.4, -0.2) is 46.2 Å². The van der Waals surface area contributed by atoms with Crippen LogP contribution in [0.4, 0.5) is 5.69 Å². The molecule has 0 saturated carbocycles. The second kappa shape index (κ2) is 8.21. The first-order valence-corrected chi connectivity index (χ1v) is 11.6. The summed E-state index contributed by atoms with van der Waals surface area (Å²) in [6.45, 7) is 6.19. The van der Waals surface area contributed by atoms with Gasteiger partial charge in [-0.2, -0.15) is 5.26 Å². The third kappa shape index (κ3) is 3.54. The fourth-order valence-corrected chi connectivity index (χ4v) is 5.29. The van der Waals surface area contributed by atoms with Crippen LogP contribution >= 0.6 is 23.2 Å². The van der Waals surface area contributed by atoms with Gasteiger partial charge >= 0.3 is 0 Å². The van der Waals surface area contributed by atoms with Gasteiger partial charge in [-0.1, -0.05) is 29.3 Å². The van der Waals surface area contributed by atoms with Crippen LogP contribution in [0.5, 0.6) is 5.75 Å². The summed E-state index contributed by atoms with van der Waals surface area (Å²) in [5, 5.41) is 10.5. The maximum absolute atomic E-state index is 13.0. The number of hydrogen-bond acceptors (Lipinski definition) is 6. The second-order valence-corrected chi connectivity index (χ2v) is 9.54. The Morgan fingerprint density at radius 3 is 2.73 bits per heavy atom. The van der Waals surface area contributed by atoms with Crippen molar-refractivity contribution in [1.29, 1.82) is 5.26 Å². The van der Waals surface area contributed by atoms with E-state index in [0.717, 1.165) is 12.1 Å². The van der Waals surface area contributed by atoms with Gasteiger partial charge in [0.1, 0.15) is 29.6 Å². The van der Waals surface area contributed by atoms with Gasteiger partial charge in [0.05, 0.1) is 21.6 Å². The molecule has 33 heavy (non-hydrogen) atoms. The zero-order chi connectivity index (χ0) is 23.4. The number of benzene rings is 1. The van der Waals surface area contributed by atoms with Crippen molar-refractivity contribution in [3.63, 3.8) is 0 Å². The smallest absolute Gasteiger partial charge is 0.295 e. The highest BCUT2D eigenvalue weighted by Gasteiger charge is 2.40. The fraction of sp³-hybridized carbons (Fsp3) is 0.375. The molecule has 2 aliphatic heterocycles. The SMILES string of the molecule is C[C@@H]1CN2c3c(c(=O)n(C)c4ccc(C#N)nc34)OC[C@@H]2CN1[C@@H](C)c1ccc(Cl)c(Cl)c1. The Hall–Kier alpha value is -2.79. The van der Waals surface area contributed by atoms with Crippen LogP contribution in [-0.2, 0) is 7.05 Å². The van der Waals surface area contributed by atoms with E-state index in [1.807, 2.05) is 18.2 Å². The van der Waals surface area contributed by atoms with Crippen LogP contribution in [0, 0.1) is 11.3 Å². The summed E-state index contributed by atoms with van der Waals surface area (Å²) in [7, 11) is 1.70. The zero-order valence-corrected chi connectivity index (χ0v) is 20.1. The summed E-state index contributed by atoms with van der Waals surface area (Å²) in [5.74, 6) is 0.307. The van der Waals surface area contributed by atoms with Crippen molar-refractivity contribution < 1.29 is 4.74 Å². The summed E-state index contributed by atoms with van der Waals surface area (Å²) in [5.41, 5.74) is 3.21. The highest BCUT2D eigenvalue weighted by molar-refractivity contribution is 6.42. The van der Waals surface area contributed by atoms with Crippen LogP contribution in [0.2, 0.25) is 10.0 Å². The molecule has 2 aliphatic rings. The van der Waals surface area contributed by atoms with Crippen LogP contribution in [0.3, 0.4) is 0 Å². The van der Waals surface area contributed by atoms with E-state index >= 15 is 0 Å². The molecule has 7 nitrogen and oxygen atoms in total. The lowest BCUT2D eigenvalue weighted by Gasteiger charge is -2.50. The molecule has 1 aromatic carbocycles. The maximum atomic E-state index is 13.0. The van der Waals surface area contributed by atoms with E-state index in [-0.39, 0.29) is 23.7 Å². The third-order valence-corrected chi connectivity index (χ3v) is 7.55. The molecular formula is C24H23Cl2N5O2. The fourth-order valence-electron chi connectivity index (χ4n) is 4.99. The number of nitrogens with zero attached hydrogens (tertiary/aromatic N) is 5. The molecule has 1 saturated heterocycles. The number of rotatable bonds is 2. The van der Waals surface area contributed by atoms with E-state index in [4.69, 9.17) is 27.9 Å². The predicted octanol–water partition coefficient (Wildman–Crippen LogP) is 4.14. The minimum atomic E-state index is -0.193. The van der Waals surface area contributed by atoms with Crippen LogP contribution in [0.15, 0.2) is 35.1 Å². The molecule has 0 spiro atoms. The Bertz CT molecular complexity index is 1370. The van der Waals surface area contributed by atoms with Crippen molar-refractivity contribution in [2.24, 2.45) is 7.05 Å². The molecule has 9 heteroatoms. The molecule has 170 valence electrons. The van der Waals surface area contributed by atoms with Crippen molar-refractivity contribution in [2.45, 2.75) is 32.0 Å². The topological polar surface area (TPSA) is 74.4 Å². The number of pyridine rings is 2. The monoisotopic (exact) mass is 483 g/mol. The van der Waals surface area contributed by atoms with Crippen molar-refractivity contribution in [3.05, 3.63) is 62.0 Å². The summed E-state index contributed by atoms with van der Waals surface area (Å²) in [6, 6.07) is 11.6. The van der Waals surface area contributed by atoms with Gasteiger partial charge < -0.3 is 14.2 Å². The number of halogens is 2. The van der Waals surface area contributed by atoms with Gasteiger partial charge in [0.15, 0.2) is 0 Å². The molecule has 2 aromatic heterocycles. The number of ether oxygens (including phenoxy) is 1. The van der Waals surface area contributed by atoms with E-state index < -0.39 is 0 Å². The molecule has 1 fully saturated rings. The van der Waals surface area contributed by atoms with Gasteiger partial charge in [-0.3, -0.25) is 9.69 Å². The number of fused-ring (bicyclic) bond motifs is 5. The number of anilines is 1. The maximum Gasteiger partial charge on any atom is 0.295 e. The van der Waals surface area contributed by atoms with Crippen molar-refractivity contribution >= 4 is 39.9 Å². The Kier molecular flexibility index (Phi) is 5.48. The average molecular weight is 484 g/mol. The van der Waals surface area contributed by atoms with Crippen molar-refractivity contribution in [2.75, 3.05) is 24.6 Å².